The number of rotatable bonds is 4. The summed E-state index contributed by atoms with van der Waals surface area (Å²) in [4.78, 5) is 13.8. The Morgan fingerprint density at radius 3 is 2.50 bits per heavy atom. The number of aliphatic hydroxyl groups is 1. The normalized spacial score (nSPS) is 24.1. The molecular weight excluding hydrogens is 180 g/mol. The second-order valence-corrected chi connectivity index (χ2v) is 4.46. The number of nitrogens with two attached hydrogens (primary N) is 1. The first-order valence-electron chi connectivity index (χ1n) is 5.38. The van der Waals surface area contributed by atoms with Crippen molar-refractivity contribution in [1.82, 2.24) is 4.90 Å². The molecule has 0 aliphatic heterocycles. The van der Waals surface area contributed by atoms with Gasteiger partial charge in [-0.2, -0.15) is 0 Å². The fraction of sp³-hybridized carbons (Fsp3) is 0.900. The van der Waals surface area contributed by atoms with Gasteiger partial charge >= 0.3 is 0 Å². The summed E-state index contributed by atoms with van der Waals surface area (Å²) >= 11 is 0. The molecule has 3 N–H and O–H groups in total. The zero-order valence-electron chi connectivity index (χ0n) is 8.41. The van der Waals surface area contributed by atoms with Crippen LogP contribution in [-0.2, 0) is 4.79 Å². The predicted octanol–water partition coefficient (Wildman–Crippen LogP) is -0.149. The highest BCUT2D eigenvalue weighted by molar-refractivity contribution is 5.87. The standard InChI is InChI=1S/C10H18N2O2/c11-10(4-1-5-10)9(14)12(6-7-13)8-2-3-8/h8,13H,1-7,11H2. The van der Waals surface area contributed by atoms with Crippen LogP contribution in [0.3, 0.4) is 0 Å². The molecule has 4 nitrogen and oxygen atoms in total. The molecule has 2 saturated carbocycles. The second-order valence-electron chi connectivity index (χ2n) is 4.46. The Balaban J connectivity index is 1.98. The molecule has 0 aromatic carbocycles. The minimum absolute atomic E-state index is 0.0400. The van der Waals surface area contributed by atoms with Crippen molar-refractivity contribution in [2.24, 2.45) is 5.73 Å². The molecule has 1 amide bonds. The van der Waals surface area contributed by atoms with Crippen LogP contribution in [0.1, 0.15) is 32.1 Å². The lowest BCUT2D eigenvalue weighted by Crippen LogP contribution is -2.60. The van der Waals surface area contributed by atoms with Crippen LogP contribution >= 0.6 is 0 Å². The smallest absolute Gasteiger partial charge is 0.242 e. The van der Waals surface area contributed by atoms with E-state index in [1.165, 1.54) is 0 Å². The number of nitrogens with zero attached hydrogens (tertiary/aromatic N) is 1. The van der Waals surface area contributed by atoms with Crippen LogP contribution < -0.4 is 5.73 Å². The Labute approximate surface area is 84.1 Å². The molecule has 0 radical (unpaired) electrons. The monoisotopic (exact) mass is 198 g/mol. The van der Waals surface area contributed by atoms with Gasteiger partial charge < -0.3 is 15.7 Å². The lowest BCUT2D eigenvalue weighted by Gasteiger charge is -2.40. The zero-order chi connectivity index (χ0) is 10.2. The molecule has 0 spiro atoms. The molecule has 0 bridgehead atoms. The third kappa shape index (κ3) is 1.64. The van der Waals surface area contributed by atoms with Crippen LogP contribution in [0, 0.1) is 0 Å². The molecule has 2 aliphatic rings. The highest BCUT2D eigenvalue weighted by atomic mass is 16.3. The van der Waals surface area contributed by atoms with Gasteiger partial charge in [-0.15, -0.1) is 0 Å². The summed E-state index contributed by atoms with van der Waals surface area (Å²) in [6, 6.07) is 0.357. The maximum Gasteiger partial charge on any atom is 0.242 e. The van der Waals surface area contributed by atoms with Crippen LogP contribution in [0.5, 0.6) is 0 Å². The predicted molar refractivity (Wildman–Crippen MR) is 52.6 cm³/mol. The van der Waals surface area contributed by atoms with Crippen molar-refractivity contribution in [3.05, 3.63) is 0 Å². The van der Waals surface area contributed by atoms with E-state index >= 15 is 0 Å². The SMILES string of the molecule is NC1(C(=O)N(CCO)C2CC2)CCC1. The average molecular weight is 198 g/mol. The van der Waals surface area contributed by atoms with Crippen molar-refractivity contribution in [3.63, 3.8) is 0 Å². The summed E-state index contributed by atoms with van der Waals surface area (Å²) in [6.45, 7) is 0.487. The van der Waals surface area contributed by atoms with E-state index in [0.717, 1.165) is 32.1 Å². The fourth-order valence-electron chi connectivity index (χ4n) is 2.00. The van der Waals surface area contributed by atoms with Gasteiger partial charge in [-0.1, -0.05) is 0 Å². The first-order valence-corrected chi connectivity index (χ1v) is 5.38. The van der Waals surface area contributed by atoms with Crippen molar-refractivity contribution < 1.29 is 9.90 Å². The molecule has 2 aliphatic carbocycles. The van der Waals surface area contributed by atoms with E-state index < -0.39 is 5.54 Å². The van der Waals surface area contributed by atoms with Crippen LogP contribution in [-0.4, -0.2) is 40.6 Å². The van der Waals surface area contributed by atoms with Crippen molar-refractivity contribution in [2.75, 3.05) is 13.2 Å². The molecule has 0 aromatic rings. The number of amides is 1. The van der Waals surface area contributed by atoms with E-state index in [0.29, 0.717) is 12.6 Å². The van der Waals surface area contributed by atoms with Gasteiger partial charge in [-0.25, -0.2) is 0 Å². The molecule has 14 heavy (non-hydrogen) atoms. The zero-order valence-corrected chi connectivity index (χ0v) is 8.41. The van der Waals surface area contributed by atoms with Crippen molar-refractivity contribution in [3.8, 4) is 0 Å². The maximum atomic E-state index is 12.0. The van der Waals surface area contributed by atoms with Gasteiger partial charge in [0.1, 0.15) is 0 Å². The van der Waals surface area contributed by atoms with Gasteiger partial charge in [0.05, 0.1) is 12.1 Å². The van der Waals surface area contributed by atoms with Crippen LogP contribution in [0.2, 0.25) is 0 Å². The highest BCUT2D eigenvalue weighted by Gasteiger charge is 2.45. The molecule has 80 valence electrons. The van der Waals surface area contributed by atoms with E-state index in [-0.39, 0.29) is 12.5 Å². The summed E-state index contributed by atoms with van der Waals surface area (Å²) in [7, 11) is 0. The van der Waals surface area contributed by atoms with Gasteiger partial charge in [-0.3, -0.25) is 4.79 Å². The summed E-state index contributed by atoms with van der Waals surface area (Å²) in [5.41, 5.74) is 5.37. The Morgan fingerprint density at radius 1 is 1.50 bits per heavy atom. The minimum Gasteiger partial charge on any atom is -0.395 e. The molecule has 0 atom stereocenters. The molecular formula is C10H18N2O2. The fourth-order valence-corrected chi connectivity index (χ4v) is 2.00. The number of hydrogen-bond acceptors (Lipinski definition) is 3. The summed E-state index contributed by atoms with van der Waals surface area (Å²) in [5, 5.41) is 8.88. The topological polar surface area (TPSA) is 66.6 Å². The van der Waals surface area contributed by atoms with Crippen LogP contribution in [0.4, 0.5) is 0 Å². The minimum atomic E-state index is -0.599. The first-order chi connectivity index (χ1) is 6.67. The third-order valence-corrected chi connectivity index (χ3v) is 3.26. The largest absolute Gasteiger partial charge is 0.395 e. The lowest BCUT2D eigenvalue weighted by molar-refractivity contribution is -0.141. The second kappa shape index (κ2) is 3.51. The Bertz CT molecular complexity index is 234. The van der Waals surface area contributed by atoms with E-state index in [1.807, 2.05) is 0 Å². The van der Waals surface area contributed by atoms with Crippen LogP contribution in [0.25, 0.3) is 0 Å². The van der Waals surface area contributed by atoms with E-state index in [1.54, 1.807) is 4.90 Å². The molecule has 0 heterocycles. The van der Waals surface area contributed by atoms with Crippen LogP contribution in [0.15, 0.2) is 0 Å². The van der Waals surface area contributed by atoms with Crippen molar-refractivity contribution in [2.45, 2.75) is 43.7 Å². The van der Waals surface area contributed by atoms with Gasteiger partial charge in [0.15, 0.2) is 0 Å². The lowest BCUT2D eigenvalue weighted by atomic mass is 9.76. The van der Waals surface area contributed by atoms with E-state index in [9.17, 15) is 4.79 Å². The van der Waals surface area contributed by atoms with Gasteiger partial charge in [0.25, 0.3) is 0 Å². The number of carbonyl (C=O) groups excluding carboxylic acids is 1. The average Bonchev–Trinajstić information content (AvgIpc) is 2.92. The van der Waals surface area contributed by atoms with Gasteiger partial charge in [0.2, 0.25) is 5.91 Å². The number of aliphatic hydroxyl groups excluding tert-OH is 1. The summed E-state index contributed by atoms with van der Waals surface area (Å²) in [5.74, 6) is 0.0558. The molecule has 4 heteroatoms. The number of carbonyl (C=O) groups is 1. The van der Waals surface area contributed by atoms with Gasteiger partial charge in [0, 0.05) is 12.6 Å². The Kier molecular flexibility index (Phi) is 2.49. The van der Waals surface area contributed by atoms with Crippen molar-refractivity contribution in [1.29, 1.82) is 0 Å². The molecule has 0 saturated heterocycles. The summed E-state index contributed by atoms with van der Waals surface area (Å²) in [6.07, 6.45) is 4.81. The van der Waals surface area contributed by atoms with E-state index in [4.69, 9.17) is 10.8 Å². The highest BCUT2D eigenvalue weighted by Crippen LogP contribution is 2.35. The number of hydrogen-bond donors (Lipinski definition) is 2. The van der Waals surface area contributed by atoms with E-state index in [2.05, 4.69) is 0 Å². The first kappa shape index (κ1) is 9.93. The Morgan fingerprint density at radius 2 is 2.14 bits per heavy atom. The summed E-state index contributed by atoms with van der Waals surface area (Å²) < 4.78 is 0. The molecule has 0 aromatic heterocycles. The van der Waals surface area contributed by atoms with Gasteiger partial charge in [-0.05, 0) is 32.1 Å². The molecule has 2 rings (SSSR count). The third-order valence-electron chi connectivity index (χ3n) is 3.26. The molecule has 2 fully saturated rings. The van der Waals surface area contributed by atoms with Crippen molar-refractivity contribution >= 4 is 5.91 Å². The maximum absolute atomic E-state index is 12.0. The molecule has 0 unspecified atom stereocenters. The quantitative estimate of drug-likeness (QED) is 0.660. The Hall–Kier alpha value is -0.610.